The number of nitrogens with zero attached hydrogens (tertiary/aromatic N) is 5. The van der Waals surface area contributed by atoms with Crippen molar-refractivity contribution < 1.29 is 4.92 Å². The summed E-state index contributed by atoms with van der Waals surface area (Å²) in [5.41, 5.74) is 0.573. The second-order valence-corrected chi connectivity index (χ2v) is 9.52. The van der Waals surface area contributed by atoms with Crippen LogP contribution in [0.25, 0.3) is 0 Å². The lowest BCUT2D eigenvalue weighted by molar-refractivity contribution is -0.383. The van der Waals surface area contributed by atoms with Crippen LogP contribution >= 0.6 is 0 Å². The molecule has 3 heterocycles. The molecular formula is C19H29N5O2. The van der Waals surface area contributed by atoms with Gasteiger partial charge in [0.15, 0.2) is 0 Å². The number of fused-ring (bicyclic) bond motifs is 2. The lowest BCUT2D eigenvalue weighted by Gasteiger charge is -2.39. The van der Waals surface area contributed by atoms with Crippen molar-refractivity contribution in [3.63, 3.8) is 0 Å². The van der Waals surface area contributed by atoms with Gasteiger partial charge in [-0.3, -0.25) is 10.1 Å². The van der Waals surface area contributed by atoms with E-state index in [2.05, 4.69) is 40.5 Å². The first-order valence-corrected chi connectivity index (χ1v) is 9.79. The topological polar surface area (TPSA) is 75.4 Å². The zero-order valence-corrected chi connectivity index (χ0v) is 16.1. The van der Waals surface area contributed by atoms with E-state index < -0.39 is 0 Å². The first-order chi connectivity index (χ1) is 12.3. The van der Waals surface area contributed by atoms with Gasteiger partial charge in [-0.2, -0.15) is 0 Å². The van der Waals surface area contributed by atoms with Crippen LogP contribution in [-0.4, -0.2) is 40.6 Å². The van der Waals surface area contributed by atoms with Crippen LogP contribution in [0.4, 0.5) is 17.3 Å². The van der Waals surface area contributed by atoms with Crippen molar-refractivity contribution in [1.29, 1.82) is 0 Å². The minimum Gasteiger partial charge on any atom is -0.351 e. The van der Waals surface area contributed by atoms with Gasteiger partial charge in [-0.05, 0) is 49.4 Å². The average molecular weight is 359 g/mol. The fourth-order valence-electron chi connectivity index (χ4n) is 5.78. The van der Waals surface area contributed by atoms with E-state index in [1.54, 1.807) is 0 Å². The maximum atomic E-state index is 12.0. The Balaban J connectivity index is 1.74. The summed E-state index contributed by atoms with van der Waals surface area (Å²) in [5.74, 6) is 1.03. The van der Waals surface area contributed by atoms with E-state index in [-0.39, 0.29) is 21.4 Å². The number of anilines is 2. The Kier molecular flexibility index (Phi) is 4.08. The van der Waals surface area contributed by atoms with Crippen LogP contribution in [0.1, 0.15) is 59.3 Å². The summed E-state index contributed by atoms with van der Waals surface area (Å²) < 4.78 is 0. The maximum absolute atomic E-state index is 12.0. The summed E-state index contributed by atoms with van der Waals surface area (Å²) in [6.45, 7) is 9.47. The van der Waals surface area contributed by atoms with Gasteiger partial charge in [-0.25, -0.2) is 9.97 Å². The highest BCUT2D eigenvalue weighted by molar-refractivity contribution is 5.72. The Hall–Kier alpha value is -1.92. The highest BCUT2D eigenvalue weighted by Gasteiger charge is 2.51. The van der Waals surface area contributed by atoms with E-state index >= 15 is 0 Å². The highest BCUT2D eigenvalue weighted by Crippen LogP contribution is 2.54. The van der Waals surface area contributed by atoms with E-state index in [0.29, 0.717) is 17.7 Å². The van der Waals surface area contributed by atoms with Gasteiger partial charge in [0.2, 0.25) is 11.6 Å². The van der Waals surface area contributed by atoms with Crippen LogP contribution in [0.5, 0.6) is 0 Å². The van der Waals surface area contributed by atoms with Crippen molar-refractivity contribution in [3.8, 4) is 0 Å². The van der Waals surface area contributed by atoms with E-state index in [9.17, 15) is 10.1 Å². The summed E-state index contributed by atoms with van der Waals surface area (Å²) in [4.78, 5) is 24.8. The SMILES string of the molecule is CC1(C)CC2CC(C)(CN2c2ncnc(N3CCCCC3)c2[N+](=O)[O-])C1. The minimum atomic E-state index is -0.269. The van der Waals surface area contributed by atoms with Crippen molar-refractivity contribution in [2.24, 2.45) is 10.8 Å². The van der Waals surface area contributed by atoms with E-state index in [4.69, 9.17) is 0 Å². The molecule has 2 bridgehead atoms. The molecule has 7 heteroatoms. The third-order valence-electron chi connectivity index (χ3n) is 6.31. The quantitative estimate of drug-likeness (QED) is 0.604. The lowest BCUT2D eigenvalue weighted by atomic mass is 9.65. The molecule has 2 unspecified atom stereocenters. The number of rotatable bonds is 3. The average Bonchev–Trinajstić information content (AvgIpc) is 2.83. The largest absolute Gasteiger partial charge is 0.353 e. The van der Waals surface area contributed by atoms with Crippen molar-refractivity contribution in [2.75, 3.05) is 29.4 Å². The summed E-state index contributed by atoms with van der Waals surface area (Å²) in [6, 6.07) is 0.326. The molecule has 1 saturated carbocycles. The molecule has 142 valence electrons. The lowest BCUT2D eigenvalue weighted by Crippen LogP contribution is -2.36. The molecule has 4 rings (SSSR count). The first kappa shape index (κ1) is 17.5. The maximum Gasteiger partial charge on any atom is 0.353 e. The molecule has 1 aliphatic carbocycles. The van der Waals surface area contributed by atoms with Gasteiger partial charge < -0.3 is 9.80 Å². The number of aromatic nitrogens is 2. The Morgan fingerprint density at radius 3 is 2.50 bits per heavy atom. The number of hydrogen-bond donors (Lipinski definition) is 0. The molecule has 2 saturated heterocycles. The standard InChI is InChI=1S/C19H29N5O2/c1-18(2)9-14-10-19(3,11-18)12-23(14)17-15(24(25)26)16(20-13-21-17)22-7-5-4-6-8-22/h13-14H,4-12H2,1-3H3. The molecule has 1 aromatic heterocycles. The van der Waals surface area contributed by atoms with Crippen molar-refractivity contribution >= 4 is 17.3 Å². The van der Waals surface area contributed by atoms with Crippen LogP contribution in [0.3, 0.4) is 0 Å². The molecule has 0 N–H and O–H groups in total. The predicted octanol–water partition coefficient (Wildman–Crippen LogP) is 3.78. The van der Waals surface area contributed by atoms with Crippen molar-refractivity contribution in [1.82, 2.24) is 9.97 Å². The first-order valence-electron chi connectivity index (χ1n) is 9.79. The molecule has 26 heavy (non-hydrogen) atoms. The Labute approximate surface area is 154 Å². The zero-order chi connectivity index (χ0) is 18.5. The van der Waals surface area contributed by atoms with Crippen LogP contribution in [0, 0.1) is 20.9 Å². The molecule has 3 fully saturated rings. The molecule has 3 aliphatic rings. The van der Waals surface area contributed by atoms with Crippen molar-refractivity contribution in [3.05, 3.63) is 16.4 Å². The van der Waals surface area contributed by atoms with Crippen molar-refractivity contribution in [2.45, 2.75) is 65.3 Å². The number of piperidine rings is 1. The van der Waals surface area contributed by atoms with Gasteiger partial charge in [-0.1, -0.05) is 20.8 Å². The van der Waals surface area contributed by atoms with Gasteiger partial charge in [0.25, 0.3) is 0 Å². The number of nitro groups is 1. The van der Waals surface area contributed by atoms with E-state index in [1.165, 1.54) is 12.7 Å². The fraction of sp³-hybridized carbons (Fsp3) is 0.789. The third-order valence-corrected chi connectivity index (χ3v) is 6.31. The van der Waals surface area contributed by atoms with Gasteiger partial charge in [0.1, 0.15) is 6.33 Å². The summed E-state index contributed by atoms with van der Waals surface area (Å²) in [5, 5.41) is 12.0. The predicted molar refractivity (Wildman–Crippen MR) is 102 cm³/mol. The normalized spacial score (nSPS) is 30.5. The van der Waals surface area contributed by atoms with Gasteiger partial charge >= 0.3 is 5.69 Å². The molecule has 0 radical (unpaired) electrons. The third kappa shape index (κ3) is 3.01. The van der Waals surface area contributed by atoms with Crippen LogP contribution in [-0.2, 0) is 0 Å². The van der Waals surface area contributed by atoms with E-state index in [1.807, 2.05) is 0 Å². The fourth-order valence-corrected chi connectivity index (χ4v) is 5.78. The minimum absolute atomic E-state index is 0.100. The van der Waals surface area contributed by atoms with Gasteiger partial charge in [0, 0.05) is 25.7 Å². The van der Waals surface area contributed by atoms with Gasteiger partial charge in [0.05, 0.1) is 4.92 Å². The van der Waals surface area contributed by atoms with Crippen LogP contribution in [0.2, 0.25) is 0 Å². The molecule has 1 aromatic rings. The molecule has 0 aromatic carbocycles. The molecule has 0 spiro atoms. The molecular weight excluding hydrogens is 330 g/mol. The Morgan fingerprint density at radius 2 is 1.81 bits per heavy atom. The van der Waals surface area contributed by atoms with E-state index in [0.717, 1.165) is 51.7 Å². The molecule has 2 aliphatic heterocycles. The molecule has 2 atom stereocenters. The number of hydrogen-bond acceptors (Lipinski definition) is 6. The summed E-state index contributed by atoms with van der Waals surface area (Å²) in [7, 11) is 0. The second kappa shape index (κ2) is 6.06. The smallest absolute Gasteiger partial charge is 0.351 e. The summed E-state index contributed by atoms with van der Waals surface area (Å²) in [6.07, 6.45) is 8.14. The van der Waals surface area contributed by atoms with Crippen LogP contribution < -0.4 is 9.80 Å². The monoisotopic (exact) mass is 359 g/mol. The second-order valence-electron chi connectivity index (χ2n) is 9.52. The van der Waals surface area contributed by atoms with Crippen LogP contribution in [0.15, 0.2) is 6.33 Å². The van der Waals surface area contributed by atoms with Gasteiger partial charge in [-0.15, -0.1) is 0 Å². The Bertz CT molecular complexity index is 716. The highest BCUT2D eigenvalue weighted by atomic mass is 16.6. The summed E-state index contributed by atoms with van der Waals surface area (Å²) >= 11 is 0. The molecule has 0 amide bonds. The zero-order valence-electron chi connectivity index (χ0n) is 16.1. The Morgan fingerprint density at radius 1 is 1.12 bits per heavy atom. The molecule has 7 nitrogen and oxygen atoms in total.